The van der Waals surface area contributed by atoms with E-state index in [0.717, 1.165) is 5.56 Å². The van der Waals surface area contributed by atoms with E-state index < -0.39 is 11.7 Å². The molecule has 0 unspecified atom stereocenters. The van der Waals surface area contributed by atoms with Gasteiger partial charge >= 0.3 is 0 Å². The number of rotatable bonds is 1. The summed E-state index contributed by atoms with van der Waals surface area (Å²) in [6, 6.07) is 16.5. The summed E-state index contributed by atoms with van der Waals surface area (Å²) in [5.41, 5.74) is 1.99. The van der Waals surface area contributed by atoms with Crippen LogP contribution in [-0.4, -0.2) is 18.2 Å². The average Bonchev–Trinajstić information content (AvgIpc) is 2.74. The lowest BCUT2D eigenvalue weighted by atomic mass is 10.1. The van der Waals surface area contributed by atoms with Crippen LogP contribution < -0.4 is 4.90 Å². The first kappa shape index (κ1) is 12.2. The van der Waals surface area contributed by atoms with Gasteiger partial charge in [-0.2, -0.15) is 0 Å². The summed E-state index contributed by atoms with van der Waals surface area (Å²) in [4.78, 5) is 25.1. The Bertz CT molecular complexity index is 738. The number of carbonyl (C=O) groups excluding carboxylic acids is 2. The second-order valence-corrected chi connectivity index (χ2v) is 4.41. The maximum atomic E-state index is 11.9. The Morgan fingerprint density at radius 3 is 2.40 bits per heavy atom. The van der Waals surface area contributed by atoms with E-state index in [-0.39, 0.29) is 6.54 Å². The standard InChI is InChI=1S/C17H11NO2/c19-16-14-10-4-5-11-15(14)18(17(16)20)12-6-9-13-7-2-1-3-8-13/h1-5,7-8,10-11H,12H2. The van der Waals surface area contributed by atoms with Gasteiger partial charge in [-0.25, -0.2) is 0 Å². The molecule has 0 aromatic heterocycles. The molecule has 0 spiro atoms. The SMILES string of the molecule is O=C1C(=O)N(CC#Cc2ccccc2)c2ccccc21. The zero-order valence-electron chi connectivity index (χ0n) is 10.7. The Morgan fingerprint density at radius 2 is 1.60 bits per heavy atom. The zero-order chi connectivity index (χ0) is 13.9. The van der Waals surface area contributed by atoms with Crippen molar-refractivity contribution in [2.45, 2.75) is 0 Å². The van der Waals surface area contributed by atoms with Crippen molar-refractivity contribution in [2.24, 2.45) is 0 Å². The number of para-hydroxylation sites is 1. The smallest absolute Gasteiger partial charge is 0.293 e. The normalized spacial score (nSPS) is 12.9. The number of hydrogen-bond acceptors (Lipinski definition) is 2. The molecule has 20 heavy (non-hydrogen) atoms. The van der Waals surface area contributed by atoms with Crippen molar-refractivity contribution in [3.05, 3.63) is 65.7 Å². The molecule has 0 bridgehead atoms. The summed E-state index contributed by atoms with van der Waals surface area (Å²) >= 11 is 0. The molecular formula is C17H11NO2. The van der Waals surface area contributed by atoms with Gasteiger partial charge in [0.05, 0.1) is 17.8 Å². The number of anilines is 1. The molecule has 0 fully saturated rings. The molecule has 0 atom stereocenters. The van der Waals surface area contributed by atoms with Gasteiger partial charge in [0.2, 0.25) is 0 Å². The van der Waals surface area contributed by atoms with Crippen LogP contribution in [0.1, 0.15) is 15.9 Å². The van der Waals surface area contributed by atoms with Crippen molar-refractivity contribution in [1.82, 2.24) is 0 Å². The fourth-order valence-corrected chi connectivity index (χ4v) is 2.15. The Hall–Kier alpha value is -2.86. The van der Waals surface area contributed by atoms with Crippen LogP contribution in [0.2, 0.25) is 0 Å². The molecule has 3 heteroatoms. The number of fused-ring (bicyclic) bond motifs is 1. The van der Waals surface area contributed by atoms with Gasteiger partial charge in [-0.05, 0) is 24.3 Å². The van der Waals surface area contributed by atoms with Crippen LogP contribution in [0.15, 0.2) is 54.6 Å². The Kier molecular flexibility index (Phi) is 3.06. The maximum absolute atomic E-state index is 11.9. The summed E-state index contributed by atoms with van der Waals surface area (Å²) < 4.78 is 0. The van der Waals surface area contributed by atoms with Gasteiger partial charge in [0.25, 0.3) is 11.7 Å². The van der Waals surface area contributed by atoms with Crippen LogP contribution in [0.25, 0.3) is 0 Å². The van der Waals surface area contributed by atoms with Gasteiger partial charge in [0.1, 0.15) is 0 Å². The van der Waals surface area contributed by atoms with Gasteiger partial charge in [0.15, 0.2) is 0 Å². The molecule has 96 valence electrons. The Labute approximate surface area is 116 Å². The van der Waals surface area contributed by atoms with Crippen LogP contribution in [-0.2, 0) is 4.79 Å². The van der Waals surface area contributed by atoms with E-state index in [9.17, 15) is 9.59 Å². The molecule has 2 aromatic rings. The quantitative estimate of drug-likeness (QED) is 0.583. The van der Waals surface area contributed by atoms with Crippen molar-refractivity contribution in [1.29, 1.82) is 0 Å². The summed E-state index contributed by atoms with van der Waals surface area (Å²) in [5, 5.41) is 0. The fraction of sp³-hybridized carbons (Fsp3) is 0.0588. The van der Waals surface area contributed by atoms with E-state index >= 15 is 0 Å². The van der Waals surface area contributed by atoms with Gasteiger partial charge in [-0.1, -0.05) is 42.2 Å². The molecule has 1 amide bonds. The second-order valence-electron chi connectivity index (χ2n) is 4.41. The van der Waals surface area contributed by atoms with Gasteiger partial charge < -0.3 is 0 Å². The van der Waals surface area contributed by atoms with E-state index in [1.54, 1.807) is 18.2 Å². The van der Waals surface area contributed by atoms with Crippen molar-refractivity contribution in [3.8, 4) is 11.8 Å². The summed E-state index contributed by atoms with van der Waals surface area (Å²) in [6.45, 7) is 0.219. The minimum atomic E-state index is -0.506. The number of ketones is 1. The number of Topliss-reactive ketones (excluding diaryl/α,β-unsaturated/α-hetero) is 1. The molecule has 0 aliphatic carbocycles. The van der Waals surface area contributed by atoms with Crippen molar-refractivity contribution < 1.29 is 9.59 Å². The first-order valence-electron chi connectivity index (χ1n) is 6.26. The Balaban J connectivity index is 1.84. The lowest BCUT2D eigenvalue weighted by Gasteiger charge is -2.11. The summed E-state index contributed by atoms with van der Waals surface area (Å²) in [5.74, 6) is 4.96. The van der Waals surface area contributed by atoms with E-state index in [0.29, 0.717) is 11.3 Å². The number of benzene rings is 2. The first-order valence-corrected chi connectivity index (χ1v) is 6.26. The van der Waals surface area contributed by atoms with Crippen molar-refractivity contribution >= 4 is 17.4 Å². The van der Waals surface area contributed by atoms with Crippen LogP contribution in [0, 0.1) is 11.8 Å². The topological polar surface area (TPSA) is 37.4 Å². The largest absolute Gasteiger partial charge is 0.300 e. The van der Waals surface area contributed by atoms with Gasteiger partial charge in [-0.15, -0.1) is 0 Å². The molecular weight excluding hydrogens is 250 g/mol. The van der Waals surface area contributed by atoms with Crippen LogP contribution in [0.5, 0.6) is 0 Å². The first-order chi connectivity index (χ1) is 9.77. The molecule has 1 aliphatic heterocycles. The number of nitrogens with zero attached hydrogens (tertiary/aromatic N) is 1. The highest BCUT2D eigenvalue weighted by molar-refractivity contribution is 6.52. The van der Waals surface area contributed by atoms with Crippen LogP contribution in [0.4, 0.5) is 5.69 Å². The highest BCUT2D eigenvalue weighted by atomic mass is 16.2. The predicted molar refractivity (Wildman–Crippen MR) is 76.4 cm³/mol. The third-order valence-electron chi connectivity index (χ3n) is 3.12. The maximum Gasteiger partial charge on any atom is 0.300 e. The highest BCUT2D eigenvalue weighted by Crippen LogP contribution is 2.27. The van der Waals surface area contributed by atoms with Crippen molar-refractivity contribution in [2.75, 3.05) is 11.4 Å². The van der Waals surface area contributed by atoms with E-state index in [2.05, 4.69) is 11.8 Å². The summed E-state index contributed by atoms with van der Waals surface area (Å²) in [6.07, 6.45) is 0. The van der Waals surface area contributed by atoms with Crippen LogP contribution in [0.3, 0.4) is 0 Å². The predicted octanol–water partition coefficient (Wildman–Crippen LogP) is 2.27. The number of hydrogen-bond donors (Lipinski definition) is 0. The number of carbonyl (C=O) groups is 2. The molecule has 3 rings (SSSR count). The third kappa shape index (κ3) is 2.08. The van der Waals surface area contributed by atoms with Crippen molar-refractivity contribution in [3.63, 3.8) is 0 Å². The summed E-state index contributed by atoms with van der Waals surface area (Å²) in [7, 11) is 0. The minimum Gasteiger partial charge on any atom is -0.293 e. The van der Waals surface area contributed by atoms with Gasteiger partial charge in [-0.3, -0.25) is 14.5 Å². The molecule has 3 nitrogen and oxygen atoms in total. The molecule has 0 saturated heterocycles. The van der Waals surface area contributed by atoms with E-state index in [1.165, 1.54) is 4.90 Å². The zero-order valence-corrected chi connectivity index (χ0v) is 10.7. The number of amides is 1. The lowest BCUT2D eigenvalue weighted by molar-refractivity contribution is -0.114. The molecule has 0 N–H and O–H groups in total. The Morgan fingerprint density at radius 1 is 0.900 bits per heavy atom. The molecule has 1 heterocycles. The molecule has 0 saturated carbocycles. The van der Waals surface area contributed by atoms with Gasteiger partial charge in [0, 0.05) is 5.56 Å². The van der Waals surface area contributed by atoms with Crippen LogP contribution >= 0.6 is 0 Å². The second kappa shape index (κ2) is 5.02. The molecule has 1 aliphatic rings. The minimum absolute atomic E-state index is 0.219. The molecule has 2 aromatic carbocycles. The van der Waals surface area contributed by atoms with E-state index in [4.69, 9.17) is 0 Å². The third-order valence-corrected chi connectivity index (χ3v) is 3.12. The van der Waals surface area contributed by atoms with E-state index in [1.807, 2.05) is 36.4 Å². The molecule has 0 radical (unpaired) electrons. The highest BCUT2D eigenvalue weighted by Gasteiger charge is 2.34. The average molecular weight is 261 g/mol. The monoisotopic (exact) mass is 261 g/mol. The fourth-order valence-electron chi connectivity index (χ4n) is 2.15. The lowest BCUT2D eigenvalue weighted by Crippen LogP contribution is -2.29.